The second-order valence-corrected chi connectivity index (χ2v) is 4.61. The predicted octanol–water partition coefficient (Wildman–Crippen LogP) is 1.38. The zero-order chi connectivity index (χ0) is 15.0. The second kappa shape index (κ2) is 8.32. The molecule has 0 saturated carbocycles. The van der Waals surface area contributed by atoms with Gasteiger partial charge in [0.25, 0.3) is 0 Å². The second-order valence-electron chi connectivity index (χ2n) is 4.61. The fraction of sp³-hybridized carbons (Fsp3) is 0.467. The van der Waals surface area contributed by atoms with Crippen LogP contribution in [0.5, 0.6) is 5.75 Å². The number of amides is 1. The van der Waals surface area contributed by atoms with Gasteiger partial charge in [0.2, 0.25) is 5.91 Å². The standard InChI is InChI=1S/C15H22N2O3/c1-11(16-9-4-10-17-12(2)18)15(19)13-5-7-14(20-3)8-6-13/h5-8,11,16H,4,9-10H2,1-3H3,(H,17,18). The first-order valence-corrected chi connectivity index (χ1v) is 6.70. The molecule has 110 valence electrons. The van der Waals surface area contributed by atoms with Crippen molar-refractivity contribution >= 4 is 11.7 Å². The summed E-state index contributed by atoms with van der Waals surface area (Å²) in [6, 6.07) is 6.82. The van der Waals surface area contributed by atoms with E-state index >= 15 is 0 Å². The van der Waals surface area contributed by atoms with Crippen molar-refractivity contribution in [3.63, 3.8) is 0 Å². The fourth-order valence-electron chi connectivity index (χ4n) is 1.77. The van der Waals surface area contributed by atoms with Crippen molar-refractivity contribution in [2.24, 2.45) is 0 Å². The highest BCUT2D eigenvalue weighted by atomic mass is 16.5. The third-order valence-corrected chi connectivity index (χ3v) is 2.95. The minimum atomic E-state index is -0.249. The number of methoxy groups -OCH3 is 1. The summed E-state index contributed by atoms with van der Waals surface area (Å²) in [4.78, 5) is 22.8. The largest absolute Gasteiger partial charge is 0.497 e. The van der Waals surface area contributed by atoms with E-state index in [-0.39, 0.29) is 17.7 Å². The van der Waals surface area contributed by atoms with Gasteiger partial charge in [-0.2, -0.15) is 0 Å². The fourth-order valence-corrected chi connectivity index (χ4v) is 1.77. The molecule has 0 radical (unpaired) electrons. The van der Waals surface area contributed by atoms with Crippen molar-refractivity contribution in [1.29, 1.82) is 0 Å². The van der Waals surface area contributed by atoms with Gasteiger partial charge in [0, 0.05) is 19.0 Å². The Balaban J connectivity index is 2.36. The molecule has 0 aliphatic carbocycles. The molecule has 0 bridgehead atoms. The number of ether oxygens (including phenoxy) is 1. The molecule has 1 amide bonds. The van der Waals surface area contributed by atoms with Gasteiger partial charge in [-0.3, -0.25) is 9.59 Å². The van der Waals surface area contributed by atoms with Gasteiger partial charge >= 0.3 is 0 Å². The maximum absolute atomic E-state index is 12.1. The molecule has 2 N–H and O–H groups in total. The van der Waals surface area contributed by atoms with Crippen LogP contribution in [0.25, 0.3) is 0 Å². The van der Waals surface area contributed by atoms with Crippen molar-refractivity contribution in [1.82, 2.24) is 10.6 Å². The molecule has 20 heavy (non-hydrogen) atoms. The molecular formula is C15H22N2O3. The summed E-state index contributed by atoms with van der Waals surface area (Å²) < 4.78 is 5.06. The van der Waals surface area contributed by atoms with E-state index in [0.717, 1.165) is 12.2 Å². The van der Waals surface area contributed by atoms with Crippen molar-refractivity contribution < 1.29 is 14.3 Å². The molecule has 0 aromatic heterocycles. The minimum Gasteiger partial charge on any atom is -0.497 e. The molecule has 0 aliphatic rings. The minimum absolute atomic E-state index is 0.0349. The first-order chi connectivity index (χ1) is 9.54. The topological polar surface area (TPSA) is 67.4 Å². The lowest BCUT2D eigenvalue weighted by atomic mass is 10.1. The SMILES string of the molecule is COc1ccc(C(=O)C(C)NCCCNC(C)=O)cc1. The molecular weight excluding hydrogens is 256 g/mol. The van der Waals surface area contributed by atoms with Gasteiger partial charge in [0.05, 0.1) is 13.2 Å². The summed E-state index contributed by atoms with van der Waals surface area (Å²) in [6.07, 6.45) is 0.791. The van der Waals surface area contributed by atoms with Crippen LogP contribution in [0.4, 0.5) is 0 Å². The van der Waals surface area contributed by atoms with Crippen molar-refractivity contribution in [2.75, 3.05) is 20.2 Å². The highest BCUT2D eigenvalue weighted by Crippen LogP contribution is 2.12. The van der Waals surface area contributed by atoms with Crippen molar-refractivity contribution in [3.8, 4) is 5.75 Å². The van der Waals surface area contributed by atoms with Crippen LogP contribution in [0.2, 0.25) is 0 Å². The third-order valence-electron chi connectivity index (χ3n) is 2.95. The quantitative estimate of drug-likeness (QED) is 0.557. The Morgan fingerprint density at radius 3 is 2.40 bits per heavy atom. The lowest BCUT2D eigenvalue weighted by Gasteiger charge is -2.13. The lowest BCUT2D eigenvalue weighted by molar-refractivity contribution is -0.118. The number of hydrogen-bond acceptors (Lipinski definition) is 4. The van der Waals surface area contributed by atoms with Crippen LogP contribution < -0.4 is 15.4 Å². The van der Waals surface area contributed by atoms with E-state index in [4.69, 9.17) is 4.74 Å². The normalized spacial score (nSPS) is 11.8. The molecule has 1 aromatic carbocycles. The van der Waals surface area contributed by atoms with Crippen molar-refractivity contribution in [3.05, 3.63) is 29.8 Å². The number of nitrogens with one attached hydrogen (secondary N) is 2. The lowest BCUT2D eigenvalue weighted by Crippen LogP contribution is -2.36. The van der Waals surface area contributed by atoms with Gasteiger partial charge in [-0.1, -0.05) is 0 Å². The van der Waals surface area contributed by atoms with Gasteiger partial charge in [-0.25, -0.2) is 0 Å². The number of rotatable bonds is 8. The van der Waals surface area contributed by atoms with Crippen LogP contribution in [0, 0.1) is 0 Å². The number of ketones is 1. The van der Waals surface area contributed by atoms with Gasteiger partial charge in [-0.15, -0.1) is 0 Å². The molecule has 0 heterocycles. The van der Waals surface area contributed by atoms with E-state index in [1.54, 1.807) is 31.4 Å². The molecule has 0 spiro atoms. The zero-order valence-corrected chi connectivity index (χ0v) is 12.2. The van der Waals surface area contributed by atoms with E-state index in [0.29, 0.717) is 18.7 Å². The Morgan fingerprint density at radius 2 is 1.85 bits per heavy atom. The average Bonchev–Trinajstić information content (AvgIpc) is 2.45. The molecule has 1 atom stereocenters. The summed E-state index contributed by atoms with van der Waals surface area (Å²) in [7, 11) is 1.59. The molecule has 1 rings (SSSR count). The van der Waals surface area contributed by atoms with Gasteiger partial charge in [-0.05, 0) is 44.2 Å². The van der Waals surface area contributed by atoms with E-state index in [2.05, 4.69) is 10.6 Å². The zero-order valence-electron chi connectivity index (χ0n) is 12.2. The van der Waals surface area contributed by atoms with E-state index in [1.165, 1.54) is 6.92 Å². The van der Waals surface area contributed by atoms with E-state index in [1.807, 2.05) is 6.92 Å². The van der Waals surface area contributed by atoms with Crippen molar-refractivity contribution in [2.45, 2.75) is 26.3 Å². The Hall–Kier alpha value is -1.88. The molecule has 1 unspecified atom stereocenters. The predicted molar refractivity (Wildman–Crippen MR) is 78.1 cm³/mol. The van der Waals surface area contributed by atoms with Crippen LogP contribution in [-0.2, 0) is 4.79 Å². The van der Waals surface area contributed by atoms with Gasteiger partial charge in [0.15, 0.2) is 5.78 Å². The number of carbonyl (C=O) groups is 2. The first-order valence-electron chi connectivity index (χ1n) is 6.70. The van der Waals surface area contributed by atoms with Crippen LogP contribution >= 0.6 is 0 Å². The first kappa shape index (κ1) is 16.2. The number of Topliss-reactive ketones (excluding diaryl/α,β-unsaturated/α-hetero) is 1. The van der Waals surface area contributed by atoms with Crippen LogP contribution in [0.1, 0.15) is 30.6 Å². The smallest absolute Gasteiger partial charge is 0.216 e. The van der Waals surface area contributed by atoms with Crippen LogP contribution in [0.3, 0.4) is 0 Å². The number of carbonyl (C=O) groups excluding carboxylic acids is 2. The Morgan fingerprint density at radius 1 is 1.20 bits per heavy atom. The third kappa shape index (κ3) is 5.40. The highest BCUT2D eigenvalue weighted by molar-refractivity contribution is 5.99. The maximum Gasteiger partial charge on any atom is 0.216 e. The summed E-state index contributed by atoms with van der Waals surface area (Å²) >= 11 is 0. The summed E-state index contributed by atoms with van der Waals surface area (Å²) in [6.45, 7) is 4.63. The summed E-state index contributed by atoms with van der Waals surface area (Å²) in [5.74, 6) is 0.747. The van der Waals surface area contributed by atoms with Gasteiger partial charge < -0.3 is 15.4 Å². The molecule has 0 fully saturated rings. The molecule has 1 aromatic rings. The Bertz CT molecular complexity index is 443. The molecule has 0 aliphatic heterocycles. The van der Waals surface area contributed by atoms with E-state index < -0.39 is 0 Å². The summed E-state index contributed by atoms with van der Waals surface area (Å²) in [5, 5.41) is 5.87. The van der Waals surface area contributed by atoms with E-state index in [9.17, 15) is 9.59 Å². The molecule has 0 saturated heterocycles. The monoisotopic (exact) mass is 278 g/mol. The highest BCUT2D eigenvalue weighted by Gasteiger charge is 2.14. The van der Waals surface area contributed by atoms with Crippen LogP contribution in [0.15, 0.2) is 24.3 Å². The number of benzene rings is 1. The average molecular weight is 278 g/mol. The summed E-state index contributed by atoms with van der Waals surface area (Å²) in [5.41, 5.74) is 0.660. The number of hydrogen-bond donors (Lipinski definition) is 2. The van der Waals surface area contributed by atoms with Crippen LogP contribution in [-0.4, -0.2) is 37.9 Å². The Labute approximate surface area is 119 Å². The Kier molecular flexibility index (Phi) is 6.73. The molecule has 5 nitrogen and oxygen atoms in total. The maximum atomic E-state index is 12.1. The molecule has 5 heteroatoms. The van der Waals surface area contributed by atoms with Gasteiger partial charge in [0.1, 0.15) is 5.75 Å².